The van der Waals surface area contributed by atoms with E-state index in [1.165, 1.54) is 0 Å². The molecule has 2 aromatic rings. The predicted molar refractivity (Wildman–Crippen MR) is 87.3 cm³/mol. The molecule has 21 heavy (non-hydrogen) atoms. The maximum atomic E-state index is 6.14. The van der Waals surface area contributed by atoms with Gasteiger partial charge in [-0.3, -0.25) is 0 Å². The van der Waals surface area contributed by atoms with E-state index in [2.05, 4.69) is 22.6 Å². The van der Waals surface area contributed by atoms with Crippen molar-refractivity contribution in [2.45, 2.75) is 38.8 Å². The number of benzene rings is 1. The predicted octanol–water partition coefficient (Wildman–Crippen LogP) is 4.67. The molecule has 1 aromatic heterocycles. The second-order valence-corrected chi connectivity index (χ2v) is 6.82. The van der Waals surface area contributed by atoms with E-state index in [9.17, 15) is 0 Å². The fourth-order valence-electron chi connectivity index (χ4n) is 2.66. The Balaban J connectivity index is 1.90. The first-order valence-electron chi connectivity index (χ1n) is 7.29. The van der Waals surface area contributed by atoms with E-state index >= 15 is 0 Å². The third kappa shape index (κ3) is 3.23. The van der Waals surface area contributed by atoms with Gasteiger partial charge < -0.3 is 10.1 Å². The topological polar surface area (TPSA) is 34.2 Å². The van der Waals surface area contributed by atoms with Crippen LogP contribution in [0.25, 0.3) is 0 Å². The fourth-order valence-corrected chi connectivity index (χ4v) is 3.50. The van der Waals surface area contributed by atoms with Crippen molar-refractivity contribution in [3.8, 4) is 5.75 Å². The molecule has 1 N–H and O–H groups in total. The monoisotopic (exact) mass is 322 g/mol. The highest BCUT2D eigenvalue weighted by Gasteiger charge is 2.30. The molecule has 2 atom stereocenters. The SMILES string of the molecule is CCCNC1CC(c2csc(C)n2)Oc2ccc(Cl)cc21. The van der Waals surface area contributed by atoms with Crippen LogP contribution in [0.15, 0.2) is 23.6 Å². The highest BCUT2D eigenvalue weighted by molar-refractivity contribution is 7.09. The van der Waals surface area contributed by atoms with Gasteiger partial charge in [0, 0.05) is 28.4 Å². The molecule has 0 amide bonds. The van der Waals surface area contributed by atoms with Gasteiger partial charge in [0.1, 0.15) is 11.9 Å². The molecule has 2 heterocycles. The molecule has 0 fully saturated rings. The zero-order valence-electron chi connectivity index (χ0n) is 12.2. The zero-order valence-corrected chi connectivity index (χ0v) is 13.8. The van der Waals surface area contributed by atoms with Gasteiger partial charge in [0.2, 0.25) is 0 Å². The Morgan fingerprint density at radius 2 is 2.33 bits per heavy atom. The van der Waals surface area contributed by atoms with E-state index in [4.69, 9.17) is 16.3 Å². The van der Waals surface area contributed by atoms with Gasteiger partial charge in [-0.25, -0.2) is 4.98 Å². The molecule has 0 spiro atoms. The Morgan fingerprint density at radius 3 is 3.05 bits per heavy atom. The lowest BCUT2D eigenvalue weighted by Crippen LogP contribution is -2.29. The average Bonchev–Trinajstić information content (AvgIpc) is 2.91. The van der Waals surface area contributed by atoms with E-state index in [0.29, 0.717) is 0 Å². The van der Waals surface area contributed by atoms with E-state index < -0.39 is 0 Å². The first-order chi connectivity index (χ1) is 10.2. The number of aryl methyl sites for hydroxylation is 1. The van der Waals surface area contributed by atoms with Gasteiger partial charge in [-0.15, -0.1) is 11.3 Å². The van der Waals surface area contributed by atoms with Crippen LogP contribution in [-0.2, 0) is 0 Å². The Morgan fingerprint density at radius 1 is 1.48 bits per heavy atom. The van der Waals surface area contributed by atoms with Gasteiger partial charge in [0.05, 0.1) is 10.7 Å². The summed E-state index contributed by atoms with van der Waals surface area (Å²) >= 11 is 7.81. The Labute approximate surface area is 134 Å². The standard InChI is InChI=1S/C16H19ClN2OS/c1-3-6-18-13-8-16(14-9-21-10(2)19-14)20-15-5-4-11(17)7-12(13)15/h4-5,7,9,13,16,18H,3,6,8H2,1-2H3. The summed E-state index contributed by atoms with van der Waals surface area (Å²) in [6.07, 6.45) is 2.00. The third-order valence-electron chi connectivity index (χ3n) is 3.67. The summed E-state index contributed by atoms with van der Waals surface area (Å²) in [5.74, 6) is 0.912. The van der Waals surface area contributed by atoms with Crippen molar-refractivity contribution in [2.75, 3.05) is 6.54 Å². The molecule has 0 radical (unpaired) electrons. The highest BCUT2D eigenvalue weighted by atomic mass is 35.5. The van der Waals surface area contributed by atoms with Crippen LogP contribution in [0.3, 0.4) is 0 Å². The van der Waals surface area contributed by atoms with Crippen LogP contribution in [0.1, 0.15) is 48.2 Å². The lowest BCUT2D eigenvalue weighted by molar-refractivity contribution is 0.148. The van der Waals surface area contributed by atoms with Crippen molar-refractivity contribution < 1.29 is 4.74 Å². The smallest absolute Gasteiger partial charge is 0.143 e. The molecule has 112 valence electrons. The first-order valence-corrected chi connectivity index (χ1v) is 8.54. The maximum absolute atomic E-state index is 6.14. The van der Waals surface area contributed by atoms with Crippen LogP contribution in [0.2, 0.25) is 5.02 Å². The van der Waals surface area contributed by atoms with Crippen molar-refractivity contribution in [1.29, 1.82) is 0 Å². The molecule has 5 heteroatoms. The summed E-state index contributed by atoms with van der Waals surface area (Å²) < 4.78 is 6.14. The van der Waals surface area contributed by atoms with Gasteiger partial charge in [-0.1, -0.05) is 18.5 Å². The summed E-state index contributed by atoms with van der Waals surface area (Å²) in [5.41, 5.74) is 2.18. The van der Waals surface area contributed by atoms with Crippen LogP contribution in [0, 0.1) is 6.92 Å². The molecule has 1 aliphatic rings. The van der Waals surface area contributed by atoms with Crippen LogP contribution in [-0.4, -0.2) is 11.5 Å². The van der Waals surface area contributed by atoms with Crippen LogP contribution < -0.4 is 10.1 Å². The maximum Gasteiger partial charge on any atom is 0.143 e. The number of hydrogen-bond donors (Lipinski definition) is 1. The summed E-state index contributed by atoms with van der Waals surface area (Å²) in [6, 6.07) is 6.11. The summed E-state index contributed by atoms with van der Waals surface area (Å²) in [5, 5.41) is 7.52. The molecule has 0 bridgehead atoms. The largest absolute Gasteiger partial charge is 0.484 e. The quantitative estimate of drug-likeness (QED) is 0.888. The van der Waals surface area contributed by atoms with E-state index in [1.807, 2.05) is 25.1 Å². The summed E-state index contributed by atoms with van der Waals surface area (Å²) in [7, 11) is 0. The molecular weight excluding hydrogens is 304 g/mol. The lowest BCUT2D eigenvalue weighted by atomic mass is 9.95. The van der Waals surface area contributed by atoms with Gasteiger partial charge in [-0.05, 0) is 38.1 Å². The molecule has 0 saturated carbocycles. The number of nitrogens with one attached hydrogen (secondary N) is 1. The lowest BCUT2D eigenvalue weighted by Gasteiger charge is -2.32. The fraction of sp³-hybridized carbons (Fsp3) is 0.438. The Hall–Kier alpha value is -1.10. The number of nitrogens with zero attached hydrogens (tertiary/aromatic N) is 1. The molecular formula is C16H19ClN2OS. The number of aromatic nitrogens is 1. The number of ether oxygens (including phenoxy) is 1. The van der Waals surface area contributed by atoms with E-state index in [-0.39, 0.29) is 12.1 Å². The molecule has 0 saturated heterocycles. The average molecular weight is 323 g/mol. The molecule has 1 aliphatic heterocycles. The van der Waals surface area contributed by atoms with E-state index in [1.54, 1.807) is 11.3 Å². The van der Waals surface area contributed by atoms with Gasteiger partial charge in [0.15, 0.2) is 0 Å². The molecule has 1 aromatic carbocycles. The van der Waals surface area contributed by atoms with Crippen LogP contribution in [0.5, 0.6) is 5.75 Å². The normalized spacial score (nSPS) is 20.9. The minimum Gasteiger partial charge on any atom is -0.484 e. The highest BCUT2D eigenvalue weighted by Crippen LogP contribution is 2.41. The van der Waals surface area contributed by atoms with Crippen LogP contribution in [0.4, 0.5) is 0 Å². The van der Waals surface area contributed by atoms with Crippen molar-refractivity contribution in [3.05, 3.63) is 44.9 Å². The molecule has 3 nitrogen and oxygen atoms in total. The summed E-state index contributed by atoms with van der Waals surface area (Å²) in [4.78, 5) is 4.58. The Bertz CT molecular complexity index is 628. The number of thiazole rings is 1. The van der Waals surface area contributed by atoms with Gasteiger partial charge in [-0.2, -0.15) is 0 Å². The number of rotatable bonds is 4. The van der Waals surface area contributed by atoms with Gasteiger partial charge >= 0.3 is 0 Å². The number of fused-ring (bicyclic) bond motifs is 1. The molecule has 2 unspecified atom stereocenters. The summed E-state index contributed by atoms with van der Waals surface area (Å²) in [6.45, 7) is 5.18. The second-order valence-electron chi connectivity index (χ2n) is 5.32. The van der Waals surface area contributed by atoms with Crippen molar-refractivity contribution >= 4 is 22.9 Å². The second kappa shape index (κ2) is 6.34. The van der Waals surface area contributed by atoms with Crippen molar-refractivity contribution in [2.24, 2.45) is 0 Å². The number of halogens is 1. The third-order valence-corrected chi connectivity index (χ3v) is 4.70. The van der Waals surface area contributed by atoms with Crippen LogP contribution >= 0.6 is 22.9 Å². The number of hydrogen-bond acceptors (Lipinski definition) is 4. The minimum atomic E-state index is 0.0120. The van der Waals surface area contributed by atoms with Crippen molar-refractivity contribution in [1.82, 2.24) is 10.3 Å². The van der Waals surface area contributed by atoms with Crippen molar-refractivity contribution in [3.63, 3.8) is 0 Å². The minimum absolute atomic E-state index is 0.0120. The molecule has 3 rings (SSSR count). The first kappa shape index (κ1) is 14.8. The van der Waals surface area contributed by atoms with Gasteiger partial charge in [0.25, 0.3) is 0 Å². The Kier molecular flexibility index (Phi) is 4.48. The molecule has 0 aliphatic carbocycles. The van der Waals surface area contributed by atoms with E-state index in [0.717, 1.165) is 46.4 Å². The zero-order chi connectivity index (χ0) is 14.8.